The van der Waals surface area contributed by atoms with Crippen LogP contribution >= 0.6 is 0 Å². The second kappa shape index (κ2) is 6.45. The summed E-state index contributed by atoms with van der Waals surface area (Å²) >= 11 is 0. The van der Waals surface area contributed by atoms with Crippen LogP contribution in [-0.4, -0.2) is 29.4 Å². The van der Waals surface area contributed by atoms with Crippen molar-refractivity contribution >= 4 is 11.5 Å². The molecule has 2 heterocycles. The van der Waals surface area contributed by atoms with Gasteiger partial charge in [0.15, 0.2) is 0 Å². The molecule has 1 aromatic heterocycles. The molecule has 30 heavy (non-hydrogen) atoms. The van der Waals surface area contributed by atoms with Gasteiger partial charge in [0.2, 0.25) is 5.91 Å². The van der Waals surface area contributed by atoms with E-state index in [0.29, 0.717) is 24.9 Å². The fourth-order valence-electron chi connectivity index (χ4n) is 7.50. The minimum Gasteiger partial charge on any atom is -0.492 e. The predicted octanol–water partition coefficient (Wildman–Crippen LogP) is 5.46. The fourth-order valence-corrected chi connectivity index (χ4v) is 7.50. The number of carbonyl (C=O) groups excluding carboxylic acids is 1. The van der Waals surface area contributed by atoms with Crippen molar-refractivity contribution in [2.45, 2.75) is 59.8 Å². The van der Waals surface area contributed by atoms with Crippen LogP contribution < -0.4 is 4.74 Å². The third-order valence-electron chi connectivity index (χ3n) is 9.44. The second-order valence-electron chi connectivity index (χ2n) is 10.5. The molecule has 1 saturated carbocycles. The van der Waals surface area contributed by atoms with Crippen molar-refractivity contribution in [3.8, 4) is 5.75 Å². The Hall–Kier alpha value is -2.10. The van der Waals surface area contributed by atoms with Gasteiger partial charge < -0.3 is 9.64 Å². The Balaban J connectivity index is 1.50. The number of likely N-dealkylation sites (tertiary alicyclic amines) is 1. The van der Waals surface area contributed by atoms with E-state index in [2.05, 4.69) is 44.0 Å². The predicted molar refractivity (Wildman–Crippen MR) is 119 cm³/mol. The van der Waals surface area contributed by atoms with Gasteiger partial charge in [-0.1, -0.05) is 32.9 Å². The molecule has 0 spiro atoms. The molecule has 5 rings (SSSR count). The molecule has 4 nitrogen and oxygen atoms in total. The van der Waals surface area contributed by atoms with E-state index in [1.165, 1.54) is 16.8 Å². The number of pyridine rings is 1. The van der Waals surface area contributed by atoms with E-state index in [0.717, 1.165) is 31.4 Å². The van der Waals surface area contributed by atoms with Crippen LogP contribution in [0.4, 0.5) is 0 Å². The van der Waals surface area contributed by atoms with Gasteiger partial charge in [0.1, 0.15) is 5.75 Å². The summed E-state index contributed by atoms with van der Waals surface area (Å²) in [6.07, 6.45) is 13.8. The van der Waals surface area contributed by atoms with Crippen molar-refractivity contribution in [3.63, 3.8) is 0 Å². The van der Waals surface area contributed by atoms with Crippen LogP contribution in [0.3, 0.4) is 0 Å². The van der Waals surface area contributed by atoms with Gasteiger partial charge in [-0.2, -0.15) is 0 Å². The molecule has 1 amide bonds. The van der Waals surface area contributed by atoms with E-state index in [1.807, 2.05) is 31.3 Å². The molecule has 1 aromatic rings. The number of hydrogen-bond acceptors (Lipinski definition) is 3. The van der Waals surface area contributed by atoms with Crippen molar-refractivity contribution < 1.29 is 9.53 Å². The molecule has 2 fully saturated rings. The summed E-state index contributed by atoms with van der Waals surface area (Å²) in [7, 11) is 1.96. The van der Waals surface area contributed by atoms with Gasteiger partial charge in [-0.3, -0.25) is 9.78 Å². The summed E-state index contributed by atoms with van der Waals surface area (Å²) in [4.78, 5) is 19.0. The number of allylic oxidation sites excluding steroid dienone is 4. The Bertz CT molecular complexity index is 966. The molecule has 1 aliphatic heterocycles. The molecule has 0 radical (unpaired) electrons. The Morgan fingerprint density at radius 3 is 2.67 bits per heavy atom. The summed E-state index contributed by atoms with van der Waals surface area (Å²) in [5.41, 5.74) is 4.22. The highest BCUT2D eigenvalue weighted by Gasteiger charge is 2.65. The molecular weight excluding hydrogens is 372 g/mol. The molecule has 3 aliphatic carbocycles. The molecule has 5 unspecified atom stereocenters. The fraction of sp³-hybridized carbons (Fsp3) is 0.615. The highest BCUT2D eigenvalue weighted by Crippen LogP contribution is 2.71. The molecule has 5 atom stereocenters. The summed E-state index contributed by atoms with van der Waals surface area (Å²) in [6.45, 7) is 9.97. The van der Waals surface area contributed by atoms with Crippen molar-refractivity contribution in [2.75, 3.05) is 13.7 Å². The summed E-state index contributed by atoms with van der Waals surface area (Å²) in [6, 6.07) is 2.16. The second-order valence-corrected chi connectivity index (χ2v) is 10.5. The van der Waals surface area contributed by atoms with E-state index in [4.69, 9.17) is 4.74 Å². The molecule has 4 aliphatic rings. The molecule has 1 saturated heterocycles. The van der Waals surface area contributed by atoms with Gasteiger partial charge in [-0.25, -0.2) is 0 Å². The van der Waals surface area contributed by atoms with Crippen LogP contribution in [0.15, 0.2) is 36.3 Å². The van der Waals surface area contributed by atoms with Crippen LogP contribution in [0, 0.1) is 28.1 Å². The van der Waals surface area contributed by atoms with Crippen LogP contribution in [0.2, 0.25) is 0 Å². The average molecular weight is 407 g/mol. The van der Waals surface area contributed by atoms with Crippen molar-refractivity contribution in [3.05, 3.63) is 41.9 Å². The zero-order chi connectivity index (χ0) is 21.3. The Morgan fingerprint density at radius 1 is 1.13 bits per heavy atom. The van der Waals surface area contributed by atoms with Crippen molar-refractivity contribution in [2.24, 2.45) is 28.1 Å². The third kappa shape index (κ3) is 2.39. The first-order valence-corrected chi connectivity index (χ1v) is 11.5. The molecule has 0 N–H and O–H groups in total. The lowest BCUT2D eigenvalue weighted by atomic mass is 9.43. The summed E-state index contributed by atoms with van der Waals surface area (Å²) in [5.74, 6) is 2.34. The van der Waals surface area contributed by atoms with Gasteiger partial charge in [0, 0.05) is 30.8 Å². The molecule has 0 bridgehead atoms. The lowest BCUT2D eigenvalue weighted by molar-refractivity contribution is -0.127. The molecular formula is C26H34N2O2. The molecule has 0 aromatic carbocycles. The number of fused-ring (bicyclic) bond motifs is 5. The smallest absolute Gasteiger partial charge is 0.227 e. The lowest BCUT2D eigenvalue weighted by Gasteiger charge is -2.61. The standard InChI is InChI=1S/C26H34N2O2/c1-6-30-18-13-17(15-27-16-18)19-7-8-20-21-9-10-22-26(4,14-23(29)28(22)5)25(21,3)12-11-24(19,20)2/h7,10,13,15-16,20-21H,6,8-9,11-12,14H2,1-5H3. The molecule has 4 heteroatoms. The first kappa shape index (κ1) is 19.8. The number of aromatic nitrogens is 1. The Labute approximate surface area is 180 Å². The van der Waals surface area contributed by atoms with E-state index in [1.54, 1.807) is 0 Å². The SMILES string of the molecule is CCOc1cncc(C2=CCC3C4CC=C5N(C)C(=O)CC5(C)C4(C)CCC23C)c1. The maximum atomic E-state index is 12.6. The van der Waals surface area contributed by atoms with E-state index < -0.39 is 0 Å². The zero-order valence-corrected chi connectivity index (χ0v) is 19.0. The number of amides is 1. The van der Waals surface area contributed by atoms with E-state index >= 15 is 0 Å². The lowest BCUT2D eigenvalue weighted by Crippen LogP contribution is -2.54. The summed E-state index contributed by atoms with van der Waals surface area (Å²) in [5, 5.41) is 0. The zero-order valence-electron chi connectivity index (χ0n) is 19.0. The van der Waals surface area contributed by atoms with Gasteiger partial charge in [0.25, 0.3) is 0 Å². The topological polar surface area (TPSA) is 42.4 Å². The summed E-state index contributed by atoms with van der Waals surface area (Å²) < 4.78 is 5.72. The van der Waals surface area contributed by atoms with Gasteiger partial charge in [-0.15, -0.1) is 0 Å². The van der Waals surface area contributed by atoms with Gasteiger partial charge in [0.05, 0.1) is 12.8 Å². The number of carbonyl (C=O) groups is 1. The highest BCUT2D eigenvalue weighted by molar-refractivity contribution is 5.83. The average Bonchev–Trinajstić information content (AvgIpc) is 3.17. The van der Waals surface area contributed by atoms with E-state index in [-0.39, 0.29) is 22.2 Å². The largest absolute Gasteiger partial charge is 0.492 e. The maximum absolute atomic E-state index is 12.6. The number of nitrogens with zero attached hydrogens (tertiary/aromatic N) is 2. The van der Waals surface area contributed by atoms with Crippen LogP contribution in [0.25, 0.3) is 5.57 Å². The first-order chi connectivity index (χ1) is 14.2. The van der Waals surface area contributed by atoms with Crippen LogP contribution in [0.1, 0.15) is 65.4 Å². The monoisotopic (exact) mass is 406 g/mol. The van der Waals surface area contributed by atoms with E-state index in [9.17, 15) is 4.79 Å². The van der Waals surface area contributed by atoms with Gasteiger partial charge >= 0.3 is 0 Å². The number of rotatable bonds is 3. The number of ether oxygens (including phenoxy) is 1. The Kier molecular flexibility index (Phi) is 4.26. The van der Waals surface area contributed by atoms with Crippen LogP contribution in [-0.2, 0) is 4.79 Å². The van der Waals surface area contributed by atoms with Crippen molar-refractivity contribution in [1.82, 2.24) is 9.88 Å². The Morgan fingerprint density at radius 2 is 1.90 bits per heavy atom. The normalized spacial score (nSPS) is 39.8. The minimum atomic E-state index is -0.0394. The number of hydrogen-bond donors (Lipinski definition) is 0. The quantitative estimate of drug-likeness (QED) is 0.669. The highest BCUT2D eigenvalue weighted by atomic mass is 16.5. The van der Waals surface area contributed by atoms with Gasteiger partial charge in [-0.05, 0) is 72.5 Å². The first-order valence-electron chi connectivity index (χ1n) is 11.5. The third-order valence-corrected chi connectivity index (χ3v) is 9.44. The minimum absolute atomic E-state index is 0.0394. The molecule has 160 valence electrons. The maximum Gasteiger partial charge on any atom is 0.227 e. The van der Waals surface area contributed by atoms with Crippen molar-refractivity contribution in [1.29, 1.82) is 0 Å². The van der Waals surface area contributed by atoms with Crippen LogP contribution in [0.5, 0.6) is 5.75 Å².